The fourth-order valence-corrected chi connectivity index (χ4v) is 6.06. The largest absolute Gasteiger partial charge is 0.336 e. The van der Waals surface area contributed by atoms with Gasteiger partial charge in [-0.3, -0.25) is 14.0 Å². The quantitative estimate of drug-likeness (QED) is 0.309. The maximum Gasteiger partial charge on any atom is 0.253 e. The zero-order valence-electron chi connectivity index (χ0n) is 22.1. The van der Waals surface area contributed by atoms with Crippen LogP contribution in [0.25, 0.3) is 0 Å². The van der Waals surface area contributed by atoms with Crippen LogP contribution in [-0.2, 0) is 16.6 Å². The van der Waals surface area contributed by atoms with Crippen molar-refractivity contribution in [2.24, 2.45) is 0 Å². The highest BCUT2D eigenvalue weighted by atomic mass is 32.2. The van der Waals surface area contributed by atoms with Crippen molar-refractivity contribution in [3.05, 3.63) is 138 Å². The second-order valence-corrected chi connectivity index (χ2v) is 11.8. The van der Waals surface area contributed by atoms with E-state index in [1.54, 1.807) is 24.3 Å². The Balaban J connectivity index is 1.28. The van der Waals surface area contributed by atoms with Crippen molar-refractivity contribution >= 4 is 21.6 Å². The van der Waals surface area contributed by atoms with Crippen LogP contribution < -0.4 is 4.31 Å². The van der Waals surface area contributed by atoms with Gasteiger partial charge in [-0.05, 0) is 41.0 Å². The van der Waals surface area contributed by atoms with Gasteiger partial charge < -0.3 is 4.90 Å². The summed E-state index contributed by atoms with van der Waals surface area (Å²) in [5, 5.41) is 0. The molecule has 4 aromatic rings. The maximum atomic E-state index is 13.4. The highest BCUT2D eigenvalue weighted by Gasteiger charge is 2.28. The molecule has 1 aliphatic rings. The Bertz CT molecular complexity index is 1430. The van der Waals surface area contributed by atoms with Gasteiger partial charge in [0.25, 0.3) is 5.91 Å². The molecule has 6 nitrogen and oxygen atoms in total. The molecule has 0 bridgehead atoms. The third-order valence-electron chi connectivity index (χ3n) is 7.17. The fraction of sp³-hybridized carbons (Fsp3) is 0.219. The summed E-state index contributed by atoms with van der Waals surface area (Å²) in [6.45, 7) is 3.01. The molecule has 0 aromatic heterocycles. The van der Waals surface area contributed by atoms with E-state index in [4.69, 9.17) is 0 Å². The second kappa shape index (κ2) is 11.8. The number of carbonyl (C=O) groups excluding carboxylic acids is 1. The number of anilines is 1. The lowest BCUT2D eigenvalue weighted by molar-refractivity contribution is 0.0597. The van der Waals surface area contributed by atoms with Crippen LogP contribution in [0.1, 0.15) is 33.1 Å². The monoisotopic (exact) mass is 539 g/mol. The highest BCUT2D eigenvalue weighted by Crippen LogP contribution is 2.30. The van der Waals surface area contributed by atoms with E-state index in [2.05, 4.69) is 53.4 Å². The van der Waals surface area contributed by atoms with E-state index >= 15 is 0 Å². The van der Waals surface area contributed by atoms with Gasteiger partial charge >= 0.3 is 0 Å². The van der Waals surface area contributed by atoms with Crippen LogP contribution in [0.15, 0.2) is 115 Å². The first-order chi connectivity index (χ1) is 18.9. The van der Waals surface area contributed by atoms with Crippen LogP contribution in [-0.4, -0.2) is 56.6 Å². The first kappa shape index (κ1) is 26.7. The SMILES string of the molecule is CS(=O)(=O)N(Cc1ccccc1)c1ccc(C(=O)N2CCN(C(c3ccccc3)c3ccccc3)CC2)cc1. The van der Waals surface area contributed by atoms with E-state index in [0.29, 0.717) is 24.3 Å². The number of rotatable bonds is 8. The fourth-order valence-electron chi connectivity index (χ4n) is 5.17. The van der Waals surface area contributed by atoms with E-state index in [9.17, 15) is 13.2 Å². The Labute approximate surface area is 231 Å². The Hall–Kier alpha value is -3.94. The minimum Gasteiger partial charge on any atom is -0.336 e. The van der Waals surface area contributed by atoms with Crippen molar-refractivity contribution in [1.82, 2.24) is 9.80 Å². The van der Waals surface area contributed by atoms with Gasteiger partial charge in [0, 0.05) is 31.7 Å². The lowest BCUT2D eigenvalue weighted by Gasteiger charge is -2.39. The van der Waals surface area contributed by atoms with Crippen LogP contribution in [0.5, 0.6) is 0 Å². The number of amides is 1. The molecule has 39 heavy (non-hydrogen) atoms. The Kier molecular flexibility index (Phi) is 8.10. The van der Waals surface area contributed by atoms with Crippen LogP contribution in [0.2, 0.25) is 0 Å². The van der Waals surface area contributed by atoms with Crippen molar-refractivity contribution in [1.29, 1.82) is 0 Å². The zero-order valence-corrected chi connectivity index (χ0v) is 22.9. The smallest absolute Gasteiger partial charge is 0.253 e. The molecule has 0 aliphatic carbocycles. The summed E-state index contributed by atoms with van der Waals surface area (Å²) in [6.07, 6.45) is 1.20. The summed E-state index contributed by atoms with van der Waals surface area (Å²) in [4.78, 5) is 17.7. The molecular formula is C32H33N3O3S. The summed E-state index contributed by atoms with van der Waals surface area (Å²) in [5.74, 6) is -0.0360. The van der Waals surface area contributed by atoms with Crippen molar-refractivity contribution in [3.63, 3.8) is 0 Å². The van der Waals surface area contributed by atoms with E-state index < -0.39 is 10.0 Å². The topological polar surface area (TPSA) is 60.9 Å². The van der Waals surface area contributed by atoms with Gasteiger partial charge in [-0.1, -0.05) is 91.0 Å². The number of hydrogen-bond donors (Lipinski definition) is 0. The van der Waals surface area contributed by atoms with Crippen LogP contribution in [0.3, 0.4) is 0 Å². The molecule has 1 heterocycles. The van der Waals surface area contributed by atoms with Gasteiger partial charge in [-0.15, -0.1) is 0 Å². The van der Waals surface area contributed by atoms with Crippen molar-refractivity contribution in [2.75, 3.05) is 36.7 Å². The molecule has 1 saturated heterocycles. The first-order valence-electron chi connectivity index (χ1n) is 13.1. The van der Waals surface area contributed by atoms with Crippen LogP contribution in [0.4, 0.5) is 5.69 Å². The lowest BCUT2D eigenvalue weighted by Crippen LogP contribution is -2.49. The number of sulfonamides is 1. The minimum atomic E-state index is -3.50. The van der Waals surface area contributed by atoms with Gasteiger partial charge in [0.15, 0.2) is 0 Å². The molecule has 200 valence electrons. The molecule has 0 N–H and O–H groups in total. The molecule has 1 fully saturated rings. The normalized spacial score (nSPS) is 14.4. The van der Waals surface area contributed by atoms with Crippen molar-refractivity contribution in [2.45, 2.75) is 12.6 Å². The van der Waals surface area contributed by atoms with E-state index in [1.807, 2.05) is 47.4 Å². The molecule has 1 amide bonds. The molecule has 0 unspecified atom stereocenters. The van der Waals surface area contributed by atoms with Gasteiger partial charge in [0.05, 0.1) is 24.5 Å². The number of benzene rings is 4. The summed E-state index contributed by atoms with van der Waals surface area (Å²) in [6, 6.07) is 37.5. The number of carbonyl (C=O) groups is 1. The maximum absolute atomic E-state index is 13.4. The molecule has 0 atom stereocenters. The Morgan fingerprint density at radius 2 is 1.21 bits per heavy atom. The number of hydrogen-bond acceptors (Lipinski definition) is 4. The van der Waals surface area contributed by atoms with Gasteiger partial charge in [0.1, 0.15) is 0 Å². The summed E-state index contributed by atoms with van der Waals surface area (Å²) in [7, 11) is -3.50. The van der Waals surface area contributed by atoms with Gasteiger partial charge in [-0.2, -0.15) is 0 Å². The summed E-state index contributed by atoms with van der Waals surface area (Å²) < 4.78 is 26.4. The minimum absolute atomic E-state index is 0.0360. The molecule has 0 radical (unpaired) electrons. The van der Waals surface area contributed by atoms with E-state index in [0.717, 1.165) is 18.7 Å². The van der Waals surface area contributed by atoms with Crippen molar-refractivity contribution < 1.29 is 13.2 Å². The third-order valence-corrected chi connectivity index (χ3v) is 8.31. The molecule has 4 aromatic carbocycles. The summed E-state index contributed by atoms with van der Waals surface area (Å²) >= 11 is 0. The summed E-state index contributed by atoms with van der Waals surface area (Å²) in [5.41, 5.74) is 4.47. The highest BCUT2D eigenvalue weighted by molar-refractivity contribution is 7.92. The van der Waals surface area contributed by atoms with Crippen LogP contribution >= 0.6 is 0 Å². The predicted octanol–water partition coefficient (Wildman–Crippen LogP) is 5.20. The lowest BCUT2D eigenvalue weighted by atomic mass is 9.96. The molecule has 7 heteroatoms. The van der Waals surface area contributed by atoms with Gasteiger partial charge in [-0.25, -0.2) is 8.42 Å². The van der Waals surface area contributed by atoms with Crippen LogP contribution in [0, 0.1) is 0 Å². The van der Waals surface area contributed by atoms with Gasteiger partial charge in [0.2, 0.25) is 10.0 Å². The molecular weight excluding hydrogens is 506 g/mol. The molecule has 5 rings (SSSR count). The second-order valence-electron chi connectivity index (χ2n) is 9.85. The average molecular weight is 540 g/mol. The molecule has 1 aliphatic heterocycles. The Morgan fingerprint density at radius 1 is 0.718 bits per heavy atom. The molecule has 0 saturated carbocycles. The van der Waals surface area contributed by atoms with E-state index in [1.165, 1.54) is 21.7 Å². The molecule has 0 spiro atoms. The third kappa shape index (κ3) is 6.38. The average Bonchev–Trinajstić information content (AvgIpc) is 2.97. The first-order valence-corrected chi connectivity index (χ1v) is 15.0. The van der Waals surface area contributed by atoms with Crippen molar-refractivity contribution in [3.8, 4) is 0 Å². The number of nitrogens with zero attached hydrogens (tertiary/aromatic N) is 3. The predicted molar refractivity (Wildman–Crippen MR) is 156 cm³/mol. The zero-order chi connectivity index (χ0) is 27.2. The standard InChI is InChI=1S/C32H33N3O3S/c1-39(37,38)35(25-26-11-5-2-6-12-26)30-19-17-29(18-20-30)32(36)34-23-21-33(22-24-34)31(27-13-7-3-8-14-27)28-15-9-4-10-16-28/h2-20,31H,21-25H2,1H3. The van der Waals surface area contributed by atoms with E-state index in [-0.39, 0.29) is 18.5 Å². The number of piperazine rings is 1. The Morgan fingerprint density at radius 3 is 1.69 bits per heavy atom.